The highest BCUT2D eigenvalue weighted by molar-refractivity contribution is 8.00. The van der Waals surface area contributed by atoms with Gasteiger partial charge in [0, 0.05) is 0 Å². The molecule has 0 N–H and O–H groups in total. The summed E-state index contributed by atoms with van der Waals surface area (Å²) in [5.74, 6) is 0. The molecule has 0 saturated heterocycles. The van der Waals surface area contributed by atoms with Crippen LogP contribution in [-0.4, -0.2) is 16.5 Å². The number of thioether (sulfide) groups is 1. The fourth-order valence-electron chi connectivity index (χ4n) is 0.407. The number of aromatic nitrogens is 2. The van der Waals surface area contributed by atoms with E-state index in [1.807, 2.05) is 0 Å². The van der Waals surface area contributed by atoms with E-state index in [1.165, 1.54) is 11.8 Å². The Morgan fingerprint density at radius 1 is 1.55 bits per heavy atom. The summed E-state index contributed by atoms with van der Waals surface area (Å²) in [6.45, 7) is 0. The minimum Gasteiger partial charge on any atom is -0.180 e. The summed E-state index contributed by atoms with van der Waals surface area (Å²) in [4.78, 5) is 0. The average molecular weight is 217 g/mol. The summed E-state index contributed by atoms with van der Waals surface area (Å²) in [5.41, 5.74) is 0. The Morgan fingerprint density at radius 2 is 2.18 bits per heavy atom. The Morgan fingerprint density at radius 3 is 2.45 bits per heavy atom. The zero-order valence-corrected chi connectivity index (χ0v) is 7.73. The van der Waals surface area contributed by atoms with Crippen LogP contribution in [0.5, 0.6) is 0 Å². The molecule has 0 fully saturated rings. The summed E-state index contributed by atoms with van der Waals surface area (Å²) in [5, 5.41) is 2.85. The highest BCUT2D eigenvalue weighted by atomic mass is 35.5. The molecule has 0 aliphatic carbocycles. The van der Waals surface area contributed by atoms with Gasteiger partial charge in [0.25, 0.3) is 0 Å². The van der Waals surface area contributed by atoms with Gasteiger partial charge in [-0.3, -0.25) is 0 Å². The van der Waals surface area contributed by atoms with Crippen LogP contribution in [0.15, 0.2) is 4.34 Å². The maximum absolute atomic E-state index is 12.3. The van der Waals surface area contributed by atoms with Crippen molar-refractivity contribution in [2.24, 2.45) is 0 Å². The van der Waals surface area contributed by atoms with Crippen LogP contribution in [0.3, 0.4) is 0 Å². The van der Waals surface area contributed by atoms with Gasteiger partial charge in [-0.1, -0.05) is 23.1 Å². The number of alkyl halides is 3. The van der Waals surface area contributed by atoms with E-state index in [0.717, 1.165) is 11.3 Å². The zero-order chi connectivity index (χ0) is 8.48. The Hall–Kier alpha value is 0.0600. The summed E-state index contributed by atoms with van der Waals surface area (Å²) in [7, 11) is 0. The normalized spacial score (nSPS) is 12.0. The Balaban J connectivity index is 2.89. The van der Waals surface area contributed by atoms with Crippen LogP contribution < -0.4 is 0 Å². The Bertz CT molecular complexity index is 246. The molecule has 1 aromatic heterocycles. The lowest BCUT2D eigenvalue weighted by atomic mass is 10.7. The van der Waals surface area contributed by atoms with Gasteiger partial charge in [0.2, 0.25) is 5.01 Å². The third kappa shape index (κ3) is 2.25. The second kappa shape index (κ2) is 3.20. The van der Waals surface area contributed by atoms with Crippen LogP contribution in [0.1, 0.15) is 5.01 Å². The predicted octanol–water partition coefficient (Wildman–Crippen LogP) is 2.55. The molecular weight excluding hydrogens is 214 g/mol. The minimum atomic E-state index is -3.38. The van der Waals surface area contributed by atoms with Gasteiger partial charge in [-0.2, -0.15) is 8.78 Å². The van der Waals surface area contributed by atoms with Gasteiger partial charge < -0.3 is 0 Å². The average Bonchev–Trinajstić information content (AvgIpc) is 2.32. The van der Waals surface area contributed by atoms with E-state index in [4.69, 9.17) is 11.6 Å². The zero-order valence-electron chi connectivity index (χ0n) is 5.34. The quantitative estimate of drug-likeness (QED) is 0.561. The number of hydrogen-bond acceptors (Lipinski definition) is 4. The van der Waals surface area contributed by atoms with Crippen LogP contribution in [0.4, 0.5) is 8.78 Å². The van der Waals surface area contributed by atoms with Gasteiger partial charge in [0.1, 0.15) is 0 Å². The molecule has 0 unspecified atom stereocenters. The van der Waals surface area contributed by atoms with Crippen molar-refractivity contribution in [3.63, 3.8) is 0 Å². The molecule has 0 radical (unpaired) electrons. The topological polar surface area (TPSA) is 25.8 Å². The van der Waals surface area contributed by atoms with Crippen molar-refractivity contribution in [2.45, 2.75) is 9.72 Å². The molecule has 0 spiro atoms. The Labute approximate surface area is 75.0 Å². The van der Waals surface area contributed by atoms with Crippen molar-refractivity contribution in [1.82, 2.24) is 10.2 Å². The van der Waals surface area contributed by atoms with Crippen molar-refractivity contribution in [3.8, 4) is 0 Å². The lowest BCUT2D eigenvalue weighted by Gasteiger charge is -1.98. The van der Waals surface area contributed by atoms with Crippen LogP contribution in [0, 0.1) is 0 Å². The highest BCUT2D eigenvalue weighted by Gasteiger charge is 2.32. The lowest BCUT2D eigenvalue weighted by Crippen LogP contribution is -2.01. The molecule has 0 aromatic carbocycles. The largest absolute Gasteiger partial charge is 0.375 e. The molecule has 0 bridgehead atoms. The third-order valence-corrected chi connectivity index (χ3v) is 3.08. The van der Waals surface area contributed by atoms with E-state index in [1.54, 1.807) is 6.26 Å². The van der Waals surface area contributed by atoms with Gasteiger partial charge in [-0.15, -0.1) is 10.2 Å². The van der Waals surface area contributed by atoms with Crippen molar-refractivity contribution >= 4 is 34.7 Å². The maximum Gasteiger partial charge on any atom is 0.375 e. The van der Waals surface area contributed by atoms with E-state index < -0.39 is 10.4 Å². The first-order valence-corrected chi connectivity index (χ1v) is 4.90. The summed E-state index contributed by atoms with van der Waals surface area (Å²) < 4.78 is 25.0. The van der Waals surface area contributed by atoms with E-state index in [9.17, 15) is 8.78 Å². The number of rotatable bonds is 2. The molecule has 0 atom stereocenters. The van der Waals surface area contributed by atoms with Crippen LogP contribution in [0.2, 0.25) is 0 Å². The summed E-state index contributed by atoms with van der Waals surface area (Å²) >= 11 is 6.75. The monoisotopic (exact) mass is 216 g/mol. The van der Waals surface area contributed by atoms with Gasteiger partial charge in [0.15, 0.2) is 4.34 Å². The van der Waals surface area contributed by atoms with Crippen LogP contribution in [-0.2, 0) is 5.38 Å². The molecule has 11 heavy (non-hydrogen) atoms. The number of nitrogens with zero attached hydrogens (tertiary/aromatic N) is 2. The highest BCUT2D eigenvalue weighted by Crippen LogP contribution is 2.35. The molecule has 0 saturated carbocycles. The Kier molecular flexibility index (Phi) is 2.66. The summed E-state index contributed by atoms with van der Waals surface area (Å²) in [6.07, 6.45) is 1.73. The molecular formula is C4H3ClF2N2S2. The second-order valence-corrected chi connectivity index (χ2v) is 4.08. The first kappa shape index (κ1) is 9.15. The van der Waals surface area contributed by atoms with E-state index in [-0.39, 0.29) is 0 Å². The minimum absolute atomic E-state index is 0.455. The molecule has 1 aromatic rings. The number of hydrogen-bond donors (Lipinski definition) is 0. The SMILES string of the molecule is CSc1nnc(C(F)(F)Cl)s1. The van der Waals surface area contributed by atoms with Gasteiger partial charge >= 0.3 is 5.38 Å². The lowest BCUT2D eigenvalue weighted by molar-refractivity contribution is 0.0939. The molecule has 7 heteroatoms. The van der Waals surface area contributed by atoms with E-state index in [0.29, 0.717) is 4.34 Å². The standard InChI is InChI=1S/C4H3ClF2N2S2/c1-10-3-9-8-2(11-3)4(5,6)7/h1H3. The number of halogens is 3. The van der Waals surface area contributed by atoms with E-state index in [2.05, 4.69) is 10.2 Å². The maximum atomic E-state index is 12.3. The molecule has 62 valence electrons. The van der Waals surface area contributed by atoms with Crippen LogP contribution in [0.25, 0.3) is 0 Å². The smallest absolute Gasteiger partial charge is 0.180 e. The fraction of sp³-hybridized carbons (Fsp3) is 0.500. The van der Waals surface area contributed by atoms with Gasteiger partial charge in [0.05, 0.1) is 0 Å². The fourth-order valence-corrected chi connectivity index (χ4v) is 1.70. The van der Waals surface area contributed by atoms with Crippen molar-refractivity contribution < 1.29 is 8.78 Å². The van der Waals surface area contributed by atoms with Gasteiger partial charge in [-0.25, -0.2) is 0 Å². The molecule has 0 aliphatic heterocycles. The first-order chi connectivity index (χ1) is 5.04. The van der Waals surface area contributed by atoms with Gasteiger partial charge in [-0.05, 0) is 17.9 Å². The van der Waals surface area contributed by atoms with Crippen LogP contribution >= 0.6 is 34.7 Å². The van der Waals surface area contributed by atoms with Crippen molar-refractivity contribution in [2.75, 3.05) is 6.26 Å². The van der Waals surface area contributed by atoms with E-state index >= 15 is 0 Å². The molecule has 1 rings (SSSR count). The molecule has 1 heterocycles. The third-order valence-electron chi connectivity index (χ3n) is 0.824. The molecule has 0 amide bonds. The molecule has 2 nitrogen and oxygen atoms in total. The second-order valence-electron chi connectivity index (χ2n) is 1.58. The predicted molar refractivity (Wildman–Crippen MR) is 41.4 cm³/mol. The van der Waals surface area contributed by atoms with Crippen molar-refractivity contribution in [3.05, 3.63) is 5.01 Å². The first-order valence-electron chi connectivity index (χ1n) is 2.48. The van der Waals surface area contributed by atoms with Crippen molar-refractivity contribution in [1.29, 1.82) is 0 Å². The molecule has 0 aliphatic rings. The summed E-state index contributed by atoms with van der Waals surface area (Å²) in [6, 6.07) is 0.